The Morgan fingerprint density at radius 3 is 2.60 bits per heavy atom. The van der Waals surface area contributed by atoms with Gasteiger partial charge in [0.2, 0.25) is 5.95 Å². The van der Waals surface area contributed by atoms with E-state index in [0.717, 1.165) is 28.3 Å². The standard InChI is InChI=1S/C19H19ClN4O/c1-12-10-13(2)18(14(20)11-12)23-17-8-9-21-19(24-17)22-15-6-4-5-7-16(15)25-3/h4-11H,1-3H3,(H2,21,22,23,24). The van der Waals surface area contributed by atoms with Crippen molar-refractivity contribution in [3.8, 4) is 5.75 Å². The second kappa shape index (κ2) is 7.40. The van der Waals surface area contributed by atoms with Gasteiger partial charge in [0.25, 0.3) is 0 Å². The number of nitrogens with one attached hydrogen (secondary N) is 2. The fraction of sp³-hybridized carbons (Fsp3) is 0.158. The molecule has 0 spiro atoms. The molecular weight excluding hydrogens is 336 g/mol. The molecule has 128 valence electrons. The molecule has 0 atom stereocenters. The second-order valence-corrected chi connectivity index (χ2v) is 6.06. The quantitative estimate of drug-likeness (QED) is 0.656. The highest BCUT2D eigenvalue weighted by Crippen LogP contribution is 2.30. The van der Waals surface area contributed by atoms with Crippen LogP contribution in [-0.2, 0) is 0 Å². The molecule has 6 heteroatoms. The maximum absolute atomic E-state index is 6.36. The number of benzene rings is 2. The van der Waals surface area contributed by atoms with Crippen LogP contribution in [0, 0.1) is 13.8 Å². The van der Waals surface area contributed by atoms with E-state index in [4.69, 9.17) is 16.3 Å². The lowest BCUT2D eigenvalue weighted by molar-refractivity contribution is 0.417. The first kappa shape index (κ1) is 17.0. The summed E-state index contributed by atoms with van der Waals surface area (Å²) in [5.74, 6) is 1.85. The highest BCUT2D eigenvalue weighted by Gasteiger charge is 2.08. The van der Waals surface area contributed by atoms with Crippen LogP contribution in [0.4, 0.5) is 23.1 Å². The van der Waals surface area contributed by atoms with Crippen LogP contribution in [-0.4, -0.2) is 17.1 Å². The normalized spacial score (nSPS) is 10.4. The third-order valence-corrected chi connectivity index (χ3v) is 3.99. The average Bonchev–Trinajstić information content (AvgIpc) is 2.59. The molecule has 0 amide bonds. The lowest BCUT2D eigenvalue weighted by Gasteiger charge is -2.13. The van der Waals surface area contributed by atoms with Crippen LogP contribution in [0.3, 0.4) is 0 Å². The summed E-state index contributed by atoms with van der Waals surface area (Å²) in [6.45, 7) is 4.03. The largest absolute Gasteiger partial charge is 0.495 e. The SMILES string of the molecule is COc1ccccc1Nc1nccc(Nc2c(C)cc(C)cc2Cl)n1. The highest BCUT2D eigenvalue weighted by molar-refractivity contribution is 6.33. The van der Waals surface area contributed by atoms with Crippen molar-refractivity contribution in [2.75, 3.05) is 17.7 Å². The Morgan fingerprint density at radius 1 is 1.04 bits per heavy atom. The van der Waals surface area contributed by atoms with Gasteiger partial charge in [0.15, 0.2) is 0 Å². The Balaban J connectivity index is 1.85. The van der Waals surface area contributed by atoms with Gasteiger partial charge in [-0.05, 0) is 49.2 Å². The minimum atomic E-state index is 0.468. The average molecular weight is 355 g/mol. The molecule has 0 saturated carbocycles. The summed E-state index contributed by atoms with van der Waals surface area (Å²) in [5, 5.41) is 7.10. The Bertz CT molecular complexity index is 875. The first-order valence-electron chi connectivity index (χ1n) is 7.83. The zero-order valence-electron chi connectivity index (χ0n) is 14.3. The van der Waals surface area contributed by atoms with Gasteiger partial charge in [0, 0.05) is 6.20 Å². The van der Waals surface area contributed by atoms with Crippen molar-refractivity contribution in [3.05, 3.63) is 64.8 Å². The first-order valence-corrected chi connectivity index (χ1v) is 8.21. The fourth-order valence-electron chi connectivity index (χ4n) is 2.56. The Morgan fingerprint density at radius 2 is 1.84 bits per heavy atom. The Kier molecular flexibility index (Phi) is 5.05. The van der Waals surface area contributed by atoms with Gasteiger partial charge < -0.3 is 15.4 Å². The van der Waals surface area contributed by atoms with E-state index < -0.39 is 0 Å². The van der Waals surface area contributed by atoms with Crippen LogP contribution < -0.4 is 15.4 Å². The van der Waals surface area contributed by atoms with Crippen LogP contribution in [0.15, 0.2) is 48.7 Å². The van der Waals surface area contributed by atoms with Crippen LogP contribution >= 0.6 is 11.6 Å². The van der Waals surface area contributed by atoms with E-state index in [1.807, 2.05) is 44.2 Å². The van der Waals surface area contributed by atoms with Crippen molar-refractivity contribution in [1.29, 1.82) is 0 Å². The molecule has 3 aromatic rings. The van der Waals surface area contributed by atoms with Crippen molar-refractivity contribution < 1.29 is 4.74 Å². The molecule has 3 rings (SSSR count). The predicted molar refractivity (Wildman–Crippen MR) is 103 cm³/mol. The summed E-state index contributed by atoms with van der Waals surface area (Å²) >= 11 is 6.36. The number of anilines is 4. The van der Waals surface area contributed by atoms with Gasteiger partial charge >= 0.3 is 0 Å². The number of para-hydroxylation sites is 2. The summed E-state index contributed by atoms with van der Waals surface area (Å²) in [6.07, 6.45) is 1.69. The lowest BCUT2D eigenvalue weighted by Crippen LogP contribution is -2.02. The van der Waals surface area contributed by atoms with Gasteiger partial charge in [-0.3, -0.25) is 0 Å². The van der Waals surface area contributed by atoms with Gasteiger partial charge in [-0.2, -0.15) is 4.98 Å². The Hall–Kier alpha value is -2.79. The molecule has 0 saturated heterocycles. The van der Waals surface area contributed by atoms with Gasteiger partial charge in [0.1, 0.15) is 11.6 Å². The zero-order valence-corrected chi connectivity index (χ0v) is 15.1. The van der Waals surface area contributed by atoms with Gasteiger partial charge in [-0.25, -0.2) is 4.98 Å². The van der Waals surface area contributed by atoms with Gasteiger partial charge in [-0.1, -0.05) is 29.8 Å². The number of halogens is 1. The smallest absolute Gasteiger partial charge is 0.229 e. The summed E-state index contributed by atoms with van der Waals surface area (Å²) in [4.78, 5) is 8.76. The predicted octanol–water partition coefficient (Wildman–Crippen LogP) is 5.24. The van der Waals surface area contributed by atoms with E-state index in [2.05, 4.69) is 26.7 Å². The third-order valence-electron chi connectivity index (χ3n) is 3.69. The van der Waals surface area contributed by atoms with Crippen molar-refractivity contribution in [2.45, 2.75) is 13.8 Å². The number of nitrogens with zero attached hydrogens (tertiary/aromatic N) is 2. The maximum atomic E-state index is 6.36. The second-order valence-electron chi connectivity index (χ2n) is 5.65. The Labute approximate surface area is 152 Å². The number of hydrogen-bond donors (Lipinski definition) is 2. The van der Waals surface area contributed by atoms with Crippen molar-refractivity contribution in [2.24, 2.45) is 0 Å². The molecule has 1 heterocycles. The number of rotatable bonds is 5. The van der Waals surface area contributed by atoms with Crippen LogP contribution in [0.25, 0.3) is 0 Å². The summed E-state index contributed by atoms with van der Waals surface area (Å²) in [6, 6.07) is 13.4. The van der Waals surface area contributed by atoms with E-state index in [9.17, 15) is 0 Å². The molecule has 5 nitrogen and oxygen atoms in total. The molecular formula is C19H19ClN4O. The molecule has 0 bridgehead atoms. The minimum absolute atomic E-state index is 0.468. The maximum Gasteiger partial charge on any atom is 0.229 e. The summed E-state index contributed by atoms with van der Waals surface area (Å²) in [5.41, 5.74) is 3.82. The molecule has 0 radical (unpaired) electrons. The van der Waals surface area contributed by atoms with E-state index in [0.29, 0.717) is 16.8 Å². The molecule has 0 aliphatic heterocycles. The summed E-state index contributed by atoms with van der Waals surface area (Å²) in [7, 11) is 1.63. The topological polar surface area (TPSA) is 59.1 Å². The monoisotopic (exact) mass is 354 g/mol. The molecule has 0 fully saturated rings. The third kappa shape index (κ3) is 4.00. The molecule has 2 N–H and O–H groups in total. The van der Waals surface area contributed by atoms with Crippen LogP contribution in [0.1, 0.15) is 11.1 Å². The van der Waals surface area contributed by atoms with Gasteiger partial charge in [0.05, 0.1) is 23.5 Å². The fourth-order valence-corrected chi connectivity index (χ4v) is 2.93. The summed E-state index contributed by atoms with van der Waals surface area (Å²) < 4.78 is 5.33. The number of methoxy groups -OCH3 is 1. The van der Waals surface area contributed by atoms with Crippen molar-refractivity contribution in [1.82, 2.24) is 9.97 Å². The zero-order chi connectivity index (χ0) is 17.8. The number of ether oxygens (including phenoxy) is 1. The molecule has 0 aliphatic carbocycles. The molecule has 25 heavy (non-hydrogen) atoms. The minimum Gasteiger partial charge on any atom is -0.495 e. The van der Waals surface area contributed by atoms with E-state index in [1.54, 1.807) is 19.4 Å². The van der Waals surface area contributed by atoms with Crippen LogP contribution in [0.2, 0.25) is 5.02 Å². The first-order chi connectivity index (χ1) is 12.1. The van der Waals surface area contributed by atoms with E-state index in [-0.39, 0.29) is 0 Å². The van der Waals surface area contributed by atoms with Crippen molar-refractivity contribution >= 4 is 34.7 Å². The van der Waals surface area contributed by atoms with E-state index >= 15 is 0 Å². The lowest BCUT2D eigenvalue weighted by atomic mass is 10.1. The van der Waals surface area contributed by atoms with Crippen LogP contribution in [0.5, 0.6) is 5.75 Å². The molecule has 0 unspecified atom stereocenters. The molecule has 0 aliphatic rings. The van der Waals surface area contributed by atoms with Gasteiger partial charge in [-0.15, -0.1) is 0 Å². The molecule has 1 aromatic heterocycles. The number of aryl methyl sites for hydroxylation is 2. The molecule has 2 aromatic carbocycles. The van der Waals surface area contributed by atoms with E-state index in [1.165, 1.54) is 0 Å². The number of hydrogen-bond acceptors (Lipinski definition) is 5. The number of aromatic nitrogens is 2. The van der Waals surface area contributed by atoms with Crippen molar-refractivity contribution in [3.63, 3.8) is 0 Å². The highest BCUT2D eigenvalue weighted by atomic mass is 35.5.